The third-order valence-electron chi connectivity index (χ3n) is 2.75. The number of hydrogen-bond acceptors (Lipinski definition) is 2. The van der Waals surface area contributed by atoms with Crippen molar-refractivity contribution in [3.63, 3.8) is 0 Å². The van der Waals surface area contributed by atoms with Gasteiger partial charge in [0.1, 0.15) is 0 Å². The molecule has 0 saturated carbocycles. The fraction of sp³-hybridized carbons (Fsp3) is 0. The summed E-state index contributed by atoms with van der Waals surface area (Å²) in [4.78, 5) is 23.4. The van der Waals surface area contributed by atoms with Gasteiger partial charge in [0, 0.05) is 21.9 Å². The minimum atomic E-state index is -0.0803. The Balaban J connectivity index is 2.13. The van der Waals surface area contributed by atoms with E-state index in [4.69, 9.17) is 0 Å². The Bertz CT molecular complexity index is 686. The topological polar surface area (TPSA) is 34.1 Å². The minimum absolute atomic E-state index is 0.00396. The van der Waals surface area contributed by atoms with E-state index in [-0.39, 0.29) is 11.2 Å². The van der Waals surface area contributed by atoms with Crippen molar-refractivity contribution >= 4 is 16.6 Å². The summed E-state index contributed by atoms with van der Waals surface area (Å²) in [5, 5.41) is 1.28. The van der Waals surface area contributed by atoms with Crippen molar-refractivity contribution in [1.29, 1.82) is 0 Å². The third kappa shape index (κ3) is 1.20. The molecule has 0 bridgehead atoms. The Labute approximate surface area is 91.8 Å². The average molecular weight is 208 g/mol. The van der Waals surface area contributed by atoms with Gasteiger partial charge < -0.3 is 0 Å². The lowest BCUT2D eigenvalue weighted by Crippen LogP contribution is -2.00. The van der Waals surface area contributed by atoms with Crippen LogP contribution in [0.4, 0.5) is 0 Å². The number of ketones is 1. The average Bonchev–Trinajstić information content (AvgIpc) is 3.01. The standard InChI is InChI=1S/C14H8O2/c15-13(9-5-2-1-3-6-9)10-7-4-8-11-12(10)14(11)16/h1-8H. The van der Waals surface area contributed by atoms with Crippen LogP contribution in [0.1, 0.15) is 15.9 Å². The van der Waals surface area contributed by atoms with Crippen LogP contribution >= 0.6 is 0 Å². The van der Waals surface area contributed by atoms with Gasteiger partial charge in [-0.3, -0.25) is 9.59 Å². The van der Waals surface area contributed by atoms with Crippen molar-refractivity contribution < 1.29 is 4.79 Å². The lowest BCUT2D eigenvalue weighted by molar-refractivity contribution is 0.104. The van der Waals surface area contributed by atoms with Crippen molar-refractivity contribution in [3.05, 3.63) is 69.9 Å². The van der Waals surface area contributed by atoms with Crippen LogP contribution in [0.5, 0.6) is 0 Å². The minimum Gasteiger partial charge on any atom is -0.289 e. The van der Waals surface area contributed by atoms with Crippen LogP contribution < -0.4 is 5.43 Å². The molecule has 2 heteroatoms. The molecule has 0 radical (unpaired) electrons. The molecule has 0 aliphatic carbocycles. The molecule has 0 aliphatic rings. The Morgan fingerprint density at radius 2 is 1.62 bits per heavy atom. The molecule has 0 unspecified atom stereocenters. The van der Waals surface area contributed by atoms with E-state index in [0.717, 1.165) is 0 Å². The van der Waals surface area contributed by atoms with Crippen molar-refractivity contribution in [2.45, 2.75) is 0 Å². The van der Waals surface area contributed by atoms with Crippen LogP contribution in [0.2, 0.25) is 0 Å². The van der Waals surface area contributed by atoms with Gasteiger partial charge in [-0.15, -0.1) is 0 Å². The fourth-order valence-corrected chi connectivity index (χ4v) is 1.87. The molecule has 3 rings (SSSR count). The monoisotopic (exact) mass is 208 g/mol. The normalized spacial score (nSPS) is 11.0. The molecular weight excluding hydrogens is 200 g/mol. The van der Waals surface area contributed by atoms with E-state index in [0.29, 0.717) is 21.9 Å². The second-order valence-corrected chi connectivity index (χ2v) is 3.75. The lowest BCUT2D eigenvalue weighted by Gasteiger charge is -1.98. The molecule has 3 aromatic rings. The molecule has 3 aromatic carbocycles. The van der Waals surface area contributed by atoms with Gasteiger partial charge in [-0.05, 0) is 0 Å². The molecule has 0 aromatic heterocycles. The molecular formula is C14H8O2. The van der Waals surface area contributed by atoms with Gasteiger partial charge >= 0.3 is 0 Å². The molecule has 0 atom stereocenters. The van der Waals surface area contributed by atoms with Crippen molar-refractivity contribution in [1.82, 2.24) is 0 Å². The fourth-order valence-electron chi connectivity index (χ4n) is 1.87. The maximum atomic E-state index is 12.1. The smallest absolute Gasteiger partial charge is 0.195 e. The van der Waals surface area contributed by atoms with Crippen molar-refractivity contribution in [3.8, 4) is 0 Å². The summed E-state index contributed by atoms with van der Waals surface area (Å²) in [6, 6.07) is 14.2. The number of benzene rings is 2. The molecule has 0 spiro atoms. The summed E-state index contributed by atoms with van der Waals surface area (Å²) in [5.74, 6) is -0.0803. The summed E-state index contributed by atoms with van der Waals surface area (Å²) in [7, 11) is 0. The highest BCUT2D eigenvalue weighted by Gasteiger charge is 2.21. The van der Waals surface area contributed by atoms with Crippen LogP contribution in [-0.2, 0) is 0 Å². The molecule has 0 fully saturated rings. The van der Waals surface area contributed by atoms with Gasteiger partial charge in [0.15, 0.2) is 11.2 Å². The summed E-state index contributed by atoms with van der Waals surface area (Å²) in [6.07, 6.45) is 0. The van der Waals surface area contributed by atoms with Gasteiger partial charge in [-0.2, -0.15) is 0 Å². The van der Waals surface area contributed by atoms with Crippen LogP contribution in [0.25, 0.3) is 10.8 Å². The number of hydrogen-bond donors (Lipinski definition) is 0. The summed E-state index contributed by atoms with van der Waals surface area (Å²) in [6.45, 7) is 0. The van der Waals surface area contributed by atoms with Gasteiger partial charge in [0.2, 0.25) is 0 Å². The van der Waals surface area contributed by atoms with Crippen molar-refractivity contribution in [2.24, 2.45) is 0 Å². The SMILES string of the molecule is O=C(c1ccccc1)c1cccc2c(=O)c12. The van der Waals surface area contributed by atoms with Crippen molar-refractivity contribution in [2.75, 3.05) is 0 Å². The van der Waals surface area contributed by atoms with E-state index in [1.807, 2.05) is 18.2 Å². The van der Waals surface area contributed by atoms with Crippen LogP contribution in [0, 0.1) is 0 Å². The molecule has 0 aliphatic heterocycles. The number of carbonyl (C=O) groups excluding carboxylic acids is 1. The van der Waals surface area contributed by atoms with Gasteiger partial charge in [0.25, 0.3) is 0 Å². The highest BCUT2D eigenvalue weighted by molar-refractivity contribution is 6.20. The van der Waals surface area contributed by atoms with Crippen LogP contribution in [0.15, 0.2) is 53.3 Å². The molecule has 76 valence electrons. The second kappa shape index (κ2) is 3.14. The van der Waals surface area contributed by atoms with E-state index in [1.165, 1.54) is 0 Å². The second-order valence-electron chi connectivity index (χ2n) is 3.75. The zero-order chi connectivity index (χ0) is 11.1. The van der Waals surface area contributed by atoms with E-state index >= 15 is 0 Å². The first kappa shape index (κ1) is 9.04. The predicted octanol–water partition coefficient (Wildman–Crippen LogP) is 2.31. The Morgan fingerprint density at radius 1 is 0.875 bits per heavy atom. The zero-order valence-electron chi connectivity index (χ0n) is 8.44. The highest BCUT2D eigenvalue weighted by atomic mass is 16.1. The lowest BCUT2D eigenvalue weighted by atomic mass is 10.0. The van der Waals surface area contributed by atoms with Gasteiger partial charge in [0.05, 0.1) is 0 Å². The maximum absolute atomic E-state index is 12.1. The molecule has 0 N–H and O–H groups in total. The first-order valence-electron chi connectivity index (χ1n) is 5.06. The van der Waals surface area contributed by atoms with E-state index in [2.05, 4.69) is 0 Å². The number of fused-ring (bicyclic) bond motifs is 1. The Morgan fingerprint density at radius 3 is 2.38 bits per heavy atom. The Kier molecular flexibility index (Phi) is 1.77. The maximum Gasteiger partial charge on any atom is 0.195 e. The van der Waals surface area contributed by atoms with Gasteiger partial charge in [-0.1, -0.05) is 48.5 Å². The summed E-state index contributed by atoms with van der Waals surface area (Å²) >= 11 is 0. The molecule has 0 heterocycles. The predicted molar refractivity (Wildman–Crippen MR) is 62.5 cm³/mol. The van der Waals surface area contributed by atoms with Crippen LogP contribution in [-0.4, -0.2) is 5.78 Å². The first-order chi connectivity index (χ1) is 7.79. The zero-order valence-corrected chi connectivity index (χ0v) is 8.44. The quantitative estimate of drug-likeness (QED) is 0.605. The molecule has 16 heavy (non-hydrogen) atoms. The molecule has 0 amide bonds. The largest absolute Gasteiger partial charge is 0.289 e. The van der Waals surface area contributed by atoms with E-state index < -0.39 is 0 Å². The Hall–Kier alpha value is -2.22. The van der Waals surface area contributed by atoms with E-state index in [1.54, 1.807) is 30.3 Å². The number of carbonyl (C=O) groups is 1. The highest BCUT2D eigenvalue weighted by Crippen LogP contribution is 2.22. The molecule has 2 nitrogen and oxygen atoms in total. The summed E-state index contributed by atoms with van der Waals surface area (Å²) < 4.78 is 0. The van der Waals surface area contributed by atoms with Gasteiger partial charge in [-0.25, -0.2) is 0 Å². The number of rotatable bonds is 2. The van der Waals surface area contributed by atoms with Crippen LogP contribution in [0.3, 0.4) is 0 Å². The first-order valence-corrected chi connectivity index (χ1v) is 5.06. The summed E-state index contributed by atoms with van der Waals surface area (Å²) in [5.41, 5.74) is 1.15. The third-order valence-corrected chi connectivity index (χ3v) is 2.75. The van der Waals surface area contributed by atoms with E-state index in [9.17, 15) is 9.59 Å². The molecule has 0 saturated heterocycles.